The third-order valence-electron chi connectivity index (χ3n) is 2.09. The highest BCUT2D eigenvalue weighted by Gasteiger charge is 2.05. The molecule has 0 aliphatic carbocycles. The number of halogens is 1. The molecule has 0 saturated heterocycles. The fourth-order valence-electron chi connectivity index (χ4n) is 1.18. The molecule has 0 atom stereocenters. The van der Waals surface area contributed by atoms with Crippen molar-refractivity contribution < 1.29 is 5.21 Å². The topological polar surface area (TPSA) is 58.6 Å². The van der Waals surface area contributed by atoms with E-state index < -0.39 is 0 Å². The highest BCUT2D eigenvalue weighted by Crippen LogP contribution is 2.25. The van der Waals surface area contributed by atoms with Gasteiger partial charge in [-0.1, -0.05) is 18.5 Å². The number of oxime groups is 1. The third-order valence-corrected chi connectivity index (χ3v) is 3.83. The zero-order valence-corrected chi connectivity index (χ0v) is 11.5. The first-order valence-corrected chi connectivity index (χ1v) is 6.87. The number of unbranched alkanes of at least 4 members (excludes halogenated alkanes) is 1. The second-order valence-electron chi connectivity index (χ2n) is 3.33. The van der Waals surface area contributed by atoms with Crippen LogP contribution in [0.2, 0.25) is 0 Å². The van der Waals surface area contributed by atoms with Crippen LogP contribution in [0, 0.1) is 0 Å². The molecular weight excluding hydrogens is 288 g/mol. The van der Waals surface area contributed by atoms with E-state index in [0.717, 1.165) is 10.2 Å². The molecule has 5 heteroatoms. The van der Waals surface area contributed by atoms with Gasteiger partial charge in [-0.3, -0.25) is 0 Å². The van der Waals surface area contributed by atoms with Crippen molar-refractivity contribution in [3.63, 3.8) is 0 Å². The molecule has 0 spiro atoms. The SMILES string of the molecule is CCCCSc1ccc(/C(N)=N/O)c(Br)c1. The number of amidine groups is 1. The number of thioether (sulfide) groups is 1. The molecule has 0 unspecified atom stereocenters. The van der Waals surface area contributed by atoms with Crippen molar-refractivity contribution in [1.82, 2.24) is 0 Å². The lowest BCUT2D eigenvalue weighted by Gasteiger charge is -2.05. The van der Waals surface area contributed by atoms with Gasteiger partial charge in [-0.15, -0.1) is 11.8 Å². The molecule has 88 valence electrons. The van der Waals surface area contributed by atoms with Crippen LogP contribution in [0.25, 0.3) is 0 Å². The molecule has 0 aliphatic heterocycles. The molecule has 0 radical (unpaired) electrons. The fraction of sp³-hybridized carbons (Fsp3) is 0.364. The van der Waals surface area contributed by atoms with Crippen molar-refractivity contribution in [2.75, 3.05) is 5.75 Å². The van der Waals surface area contributed by atoms with Gasteiger partial charge in [0.05, 0.1) is 0 Å². The Morgan fingerprint density at radius 1 is 1.56 bits per heavy atom. The number of hydrogen-bond acceptors (Lipinski definition) is 3. The zero-order valence-electron chi connectivity index (χ0n) is 9.11. The van der Waals surface area contributed by atoms with Crippen LogP contribution in [0.3, 0.4) is 0 Å². The van der Waals surface area contributed by atoms with Crippen LogP contribution in [0.1, 0.15) is 25.3 Å². The Hall–Kier alpha value is -0.680. The molecule has 0 fully saturated rings. The number of hydrogen-bond donors (Lipinski definition) is 2. The monoisotopic (exact) mass is 302 g/mol. The van der Waals surface area contributed by atoms with E-state index in [1.165, 1.54) is 17.7 Å². The Bertz CT molecular complexity index is 382. The molecule has 0 bridgehead atoms. The van der Waals surface area contributed by atoms with Crippen LogP contribution in [0.15, 0.2) is 32.7 Å². The molecule has 0 heterocycles. The predicted octanol–water partition coefficient (Wildman–Crippen LogP) is 3.44. The van der Waals surface area contributed by atoms with E-state index in [-0.39, 0.29) is 5.84 Å². The summed E-state index contributed by atoms with van der Waals surface area (Å²) in [6.07, 6.45) is 2.42. The number of benzene rings is 1. The summed E-state index contributed by atoms with van der Waals surface area (Å²) >= 11 is 5.23. The Balaban J connectivity index is 2.75. The summed E-state index contributed by atoms with van der Waals surface area (Å²) in [5.41, 5.74) is 6.24. The van der Waals surface area contributed by atoms with Gasteiger partial charge >= 0.3 is 0 Å². The molecule has 1 rings (SSSR count). The summed E-state index contributed by atoms with van der Waals surface area (Å²) in [4.78, 5) is 1.19. The van der Waals surface area contributed by atoms with Gasteiger partial charge in [-0.25, -0.2) is 0 Å². The van der Waals surface area contributed by atoms with Crippen molar-refractivity contribution in [3.05, 3.63) is 28.2 Å². The summed E-state index contributed by atoms with van der Waals surface area (Å²) < 4.78 is 0.851. The largest absolute Gasteiger partial charge is 0.409 e. The lowest BCUT2D eigenvalue weighted by atomic mass is 10.2. The van der Waals surface area contributed by atoms with Crippen LogP contribution in [-0.2, 0) is 0 Å². The average molecular weight is 303 g/mol. The standard InChI is InChI=1S/C11H15BrN2OS/c1-2-3-6-16-8-4-5-9(10(12)7-8)11(13)14-15/h4-5,7,15H,2-3,6H2,1H3,(H2,13,14). The molecule has 0 amide bonds. The summed E-state index contributed by atoms with van der Waals surface area (Å²) in [7, 11) is 0. The van der Waals surface area contributed by atoms with Gasteiger partial charge in [0.25, 0.3) is 0 Å². The van der Waals surface area contributed by atoms with Crippen LogP contribution in [0.4, 0.5) is 0 Å². The molecule has 3 nitrogen and oxygen atoms in total. The normalized spacial score (nSPS) is 11.8. The smallest absolute Gasteiger partial charge is 0.171 e. The molecule has 1 aromatic rings. The number of nitrogens with zero attached hydrogens (tertiary/aromatic N) is 1. The first kappa shape index (κ1) is 13.4. The van der Waals surface area contributed by atoms with E-state index in [0.29, 0.717) is 5.56 Å². The molecule has 0 saturated carbocycles. The van der Waals surface area contributed by atoms with Crippen molar-refractivity contribution in [3.8, 4) is 0 Å². The van der Waals surface area contributed by atoms with Crippen LogP contribution < -0.4 is 5.73 Å². The van der Waals surface area contributed by atoms with E-state index in [2.05, 4.69) is 28.0 Å². The van der Waals surface area contributed by atoms with E-state index >= 15 is 0 Å². The maximum absolute atomic E-state index is 8.59. The average Bonchev–Trinajstić information content (AvgIpc) is 2.29. The van der Waals surface area contributed by atoms with E-state index in [4.69, 9.17) is 10.9 Å². The second-order valence-corrected chi connectivity index (χ2v) is 5.35. The van der Waals surface area contributed by atoms with Gasteiger partial charge in [0, 0.05) is 14.9 Å². The zero-order chi connectivity index (χ0) is 12.0. The van der Waals surface area contributed by atoms with E-state index in [1.807, 2.05) is 30.0 Å². The van der Waals surface area contributed by atoms with Crippen molar-refractivity contribution >= 4 is 33.5 Å². The summed E-state index contributed by atoms with van der Waals surface area (Å²) in [5, 5.41) is 11.6. The maximum Gasteiger partial charge on any atom is 0.171 e. The molecule has 16 heavy (non-hydrogen) atoms. The van der Waals surface area contributed by atoms with Crippen LogP contribution >= 0.6 is 27.7 Å². The lowest BCUT2D eigenvalue weighted by molar-refractivity contribution is 0.318. The van der Waals surface area contributed by atoms with Crippen molar-refractivity contribution in [2.45, 2.75) is 24.7 Å². The summed E-state index contributed by atoms with van der Waals surface area (Å²) in [6.45, 7) is 2.18. The van der Waals surface area contributed by atoms with Gasteiger partial charge in [-0.2, -0.15) is 0 Å². The van der Waals surface area contributed by atoms with Crippen LogP contribution in [-0.4, -0.2) is 16.8 Å². The van der Waals surface area contributed by atoms with Crippen molar-refractivity contribution in [2.24, 2.45) is 10.9 Å². The Morgan fingerprint density at radius 2 is 2.31 bits per heavy atom. The first-order chi connectivity index (χ1) is 7.69. The Kier molecular flexibility index (Phi) is 5.69. The van der Waals surface area contributed by atoms with E-state index in [9.17, 15) is 0 Å². The van der Waals surface area contributed by atoms with Crippen molar-refractivity contribution in [1.29, 1.82) is 0 Å². The molecule has 1 aromatic carbocycles. The van der Waals surface area contributed by atoms with E-state index in [1.54, 1.807) is 0 Å². The summed E-state index contributed by atoms with van der Waals surface area (Å²) in [5.74, 6) is 1.24. The van der Waals surface area contributed by atoms with Gasteiger partial charge in [0.2, 0.25) is 0 Å². The highest BCUT2D eigenvalue weighted by molar-refractivity contribution is 9.10. The first-order valence-electron chi connectivity index (χ1n) is 5.09. The molecule has 3 N–H and O–H groups in total. The maximum atomic E-state index is 8.59. The molecule has 0 aromatic heterocycles. The van der Waals surface area contributed by atoms with Gasteiger partial charge < -0.3 is 10.9 Å². The quantitative estimate of drug-likeness (QED) is 0.219. The van der Waals surface area contributed by atoms with Gasteiger partial charge in [-0.05, 0) is 46.3 Å². The highest BCUT2D eigenvalue weighted by atomic mass is 79.9. The molecule has 0 aliphatic rings. The predicted molar refractivity (Wildman–Crippen MR) is 72.3 cm³/mol. The number of nitrogens with two attached hydrogens (primary N) is 1. The minimum Gasteiger partial charge on any atom is -0.409 e. The van der Waals surface area contributed by atoms with Gasteiger partial charge in [0.1, 0.15) is 0 Å². The van der Waals surface area contributed by atoms with Crippen LogP contribution in [0.5, 0.6) is 0 Å². The second kappa shape index (κ2) is 6.81. The molecular formula is C11H15BrN2OS. The minimum absolute atomic E-state index is 0.122. The van der Waals surface area contributed by atoms with Gasteiger partial charge in [0.15, 0.2) is 5.84 Å². The summed E-state index contributed by atoms with van der Waals surface area (Å²) in [6, 6.07) is 5.83. The minimum atomic E-state index is 0.122. The third kappa shape index (κ3) is 3.72. The fourth-order valence-corrected chi connectivity index (χ4v) is 2.95. The lowest BCUT2D eigenvalue weighted by Crippen LogP contribution is -2.13. The Labute approximate surface area is 108 Å². The Morgan fingerprint density at radius 3 is 2.88 bits per heavy atom. The number of rotatable bonds is 5.